The standard InChI is InChI=1S/C13H13ClF3N3O2/c1-7-10(14)11(13(15,16)17)19-20(7)8(2)12(21)18-6-9-4-3-5-22-9/h3-5,8H,6H2,1-2H3,(H,18,21). The van der Waals surface area contributed by atoms with E-state index in [2.05, 4.69) is 10.4 Å². The van der Waals surface area contributed by atoms with Crippen LogP contribution in [-0.2, 0) is 17.5 Å². The number of furan rings is 1. The Morgan fingerprint density at radius 2 is 2.23 bits per heavy atom. The highest BCUT2D eigenvalue weighted by Gasteiger charge is 2.39. The Hall–Kier alpha value is -1.96. The molecule has 9 heteroatoms. The van der Waals surface area contributed by atoms with E-state index < -0.39 is 28.8 Å². The lowest BCUT2D eigenvalue weighted by molar-refractivity contribution is -0.141. The lowest BCUT2D eigenvalue weighted by atomic mass is 10.3. The lowest BCUT2D eigenvalue weighted by Gasteiger charge is -2.14. The molecular formula is C13H13ClF3N3O2. The zero-order valence-electron chi connectivity index (χ0n) is 11.7. The zero-order chi connectivity index (χ0) is 16.5. The summed E-state index contributed by atoms with van der Waals surface area (Å²) < 4.78 is 44.3. The van der Waals surface area contributed by atoms with Crippen LogP contribution in [0.3, 0.4) is 0 Å². The molecule has 1 amide bonds. The van der Waals surface area contributed by atoms with Crippen LogP contribution in [0.5, 0.6) is 0 Å². The molecule has 120 valence electrons. The van der Waals surface area contributed by atoms with Gasteiger partial charge in [-0.1, -0.05) is 11.6 Å². The molecular weight excluding hydrogens is 323 g/mol. The van der Waals surface area contributed by atoms with Gasteiger partial charge < -0.3 is 9.73 Å². The molecule has 1 atom stereocenters. The van der Waals surface area contributed by atoms with Crippen molar-refractivity contribution >= 4 is 17.5 Å². The minimum Gasteiger partial charge on any atom is -0.467 e. The SMILES string of the molecule is Cc1c(Cl)c(C(F)(F)F)nn1C(C)C(=O)NCc1ccco1. The highest BCUT2D eigenvalue weighted by Crippen LogP contribution is 2.36. The third kappa shape index (κ3) is 3.27. The van der Waals surface area contributed by atoms with E-state index in [1.165, 1.54) is 20.1 Å². The second-order valence-electron chi connectivity index (χ2n) is 4.66. The van der Waals surface area contributed by atoms with Crippen LogP contribution in [0.4, 0.5) is 13.2 Å². The maximum absolute atomic E-state index is 12.8. The van der Waals surface area contributed by atoms with Crippen LogP contribution in [0.1, 0.15) is 30.1 Å². The molecule has 0 spiro atoms. The lowest BCUT2D eigenvalue weighted by Crippen LogP contribution is -2.31. The van der Waals surface area contributed by atoms with E-state index in [0.717, 1.165) is 4.68 Å². The summed E-state index contributed by atoms with van der Waals surface area (Å²) in [4.78, 5) is 12.0. The van der Waals surface area contributed by atoms with Crippen LogP contribution in [0.2, 0.25) is 5.02 Å². The van der Waals surface area contributed by atoms with Gasteiger partial charge in [0.1, 0.15) is 11.8 Å². The van der Waals surface area contributed by atoms with Crippen molar-refractivity contribution in [3.05, 3.63) is 40.6 Å². The fraction of sp³-hybridized carbons (Fsp3) is 0.385. The summed E-state index contributed by atoms with van der Waals surface area (Å²) in [6, 6.07) is 2.39. The van der Waals surface area contributed by atoms with Crippen molar-refractivity contribution in [1.82, 2.24) is 15.1 Å². The number of hydrogen-bond acceptors (Lipinski definition) is 3. The van der Waals surface area contributed by atoms with Gasteiger partial charge in [0, 0.05) is 0 Å². The van der Waals surface area contributed by atoms with Crippen LogP contribution in [-0.4, -0.2) is 15.7 Å². The summed E-state index contributed by atoms with van der Waals surface area (Å²) >= 11 is 5.66. The highest BCUT2D eigenvalue weighted by atomic mass is 35.5. The second kappa shape index (κ2) is 6.04. The maximum Gasteiger partial charge on any atom is 0.436 e. The Bertz CT molecular complexity index is 665. The molecule has 22 heavy (non-hydrogen) atoms. The molecule has 0 aliphatic carbocycles. The number of nitrogens with one attached hydrogen (secondary N) is 1. The normalized spacial score (nSPS) is 13.2. The summed E-state index contributed by atoms with van der Waals surface area (Å²) in [5.41, 5.74) is -1.12. The highest BCUT2D eigenvalue weighted by molar-refractivity contribution is 6.32. The van der Waals surface area contributed by atoms with Gasteiger partial charge >= 0.3 is 6.18 Å². The van der Waals surface area contributed by atoms with E-state index in [1.54, 1.807) is 12.1 Å². The van der Waals surface area contributed by atoms with Gasteiger partial charge in [0.2, 0.25) is 5.91 Å². The summed E-state index contributed by atoms with van der Waals surface area (Å²) in [6.45, 7) is 2.95. The number of carbonyl (C=O) groups is 1. The molecule has 2 aromatic rings. The molecule has 0 aliphatic rings. The first-order valence-electron chi connectivity index (χ1n) is 6.33. The summed E-state index contributed by atoms with van der Waals surface area (Å²) in [7, 11) is 0. The molecule has 0 radical (unpaired) electrons. The van der Waals surface area contributed by atoms with Crippen molar-refractivity contribution in [2.24, 2.45) is 0 Å². The van der Waals surface area contributed by atoms with Crippen molar-refractivity contribution in [2.45, 2.75) is 32.6 Å². The molecule has 5 nitrogen and oxygen atoms in total. The predicted molar refractivity (Wildman–Crippen MR) is 72.2 cm³/mol. The zero-order valence-corrected chi connectivity index (χ0v) is 12.5. The molecule has 0 fully saturated rings. The van der Waals surface area contributed by atoms with E-state index in [-0.39, 0.29) is 12.2 Å². The maximum atomic E-state index is 12.8. The molecule has 0 aromatic carbocycles. The molecule has 0 aliphatic heterocycles. The summed E-state index contributed by atoms with van der Waals surface area (Å²) in [5.74, 6) is 0.0409. The first kappa shape index (κ1) is 16.4. The topological polar surface area (TPSA) is 60.1 Å². The first-order valence-corrected chi connectivity index (χ1v) is 6.71. The van der Waals surface area contributed by atoms with E-state index >= 15 is 0 Å². The molecule has 1 N–H and O–H groups in total. The van der Waals surface area contributed by atoms with Gasteiger partial charge in [0.05, 0.1) is 23.5 Å². The third-order valence-corrected chi connectivity index (χ3v) is 3.56. The Labute approximate surface area is 129 Å². The van der Waals surface area contributed by atoms with Crippen LogP contribution in [0.15, 0.2) is 22.8 Å². The van der Waals surface area contributed by atoms with Gasteiger partial charge in [-0.25, -0.2) is 0 Å². The second-order valence-corrected chi connectivity index (χ2v) is 5.04. The Morgan fingerprint density at radius 1 is 1.55 bits per heavy atom. The number of carbonyl (C=O) groups excluding carboxylic acids is 1. The van der Waals surface area contributed by atoms with Crippen LogP contribution in [0, 0.1) is 6.92 Å². The Kier molecular flexibility index (Phi) is 4.50. The fourth-order valence-electron chi connectivity index (χ4n) is 1.90. The van der Waals surface area contributed by atoms with Gasteiger partial charge in [-0.2, -0.15) is 18.3 Å². The van der Waals surface area contributed by atoms with Crippen molar-refractivity contribution in [3.8, 4) is 0 Å². The minimum absolute atomic E-state index is 0.0784. The number of aromatic nitrogens is 2. The third-order valence-electron chi connectivity index (χ3n) is 3.11. The molecule has 2 heterocycles. The summed E-state index contributed by atoms with van der Waals surface area (Å²) in [5, 5.41) is 5.48. The largest absolute Gasteiger partial charge is 0.467 e. The van der Waals surface area contributed by atoms with Crippen molar-refractivity contribution in [2.75, 3.05) is 0 Å². The number of amides is 1. The summed E-state index contributed by atoms with van der Waals surface area (Å²) in [6.07, 6.45) is -3.21. The van der Waals surface area contributed by atoms with E-state index in [1.807, 2.05) is 0 Å². The Morgan fingerprint density at radius 3 is 2.73 bits per heavy atom. The first-order chi connectivity index (χ1) is 10.2. The molecule has 2 aromatic heterocycles. The number of alkyl halides is 3. The average molecular weight is 336 g/mol. The van der Waals surface area contributed by atoms with Gasteiger partial charge in [-0.15, -0.1) is 0 Å². The van der Waals surface area contributed by atoms with Gasteiger partial charge in [-0.05, 0) is 26.0 Å². The fourth-order valence-corrected chi connectivity index (χ4v) is 2.13. The number of hydrogen-bond donors (Lipinski definition) is 1. The smallest absolute Gasteiger partial charge is 0.436 e. The number of halogens is 4. The van der Waals surface area contributed by atoms with Crippen LogP contribution in [0.25, 0.3) is 0 Å². The quantitative estimate of drug-likeness (QED) is 0.932. The van der Waals surface area contributed by atoms with Gasteiger partial charge in [-0.3, -0.25) is 9.48 Å². The number of rotatable bonds is 4. The van der Waals surface area contributed by atoms with E-state index in [0.29, 0.717) is 5.76 Å². The van der Waals surface area contributed by atoms with Crippen molar-refractivity contribution < 1.29 is 22.4 Å². The number of nitrogens with zero attached hydrogens (tertiary/aromatic N) is 2. The molecule has 2 rings (SSSR count). The van der Waals surface area contributed by atoms with Gasteiger partial charge in [0.25, 0.3) is 0 Å². The van der Waals surface area contributed by atoms with Crippen LogP contribution < -0.4 is 5.32 Å². The monoisotopic (exact) mass is 335 g/mol. The molecule has 0 bridgehead atoms. The Balaban J connectivity index is 2.15. The van der Waals surface area contributed by atoms with Crippen molar-refractivity contribution in [1.29, 1.82) is 0 Å². The molecule has 0 saturated carbocycles. The molecule has 0 saturated heterocycles. The van der Waals surface area contributed by atoms with E-state index in [4.69, 9.17) is 16.0 Å². The average Bonchev–Trinajstić information content (AvgIpc) is 3.04. The minimum atomic E-state index is -4.67. The van der Waals surface area contributed by atoms with E-state index in [9.17, 15) is 18.0 Å². The van der Waals surface area contributed by atoms with Crippen molar-refractivity contribution in [3.63, 3.8) is 0 Å². The van der Waals surface area contributed by atoms with Crippen LogP contribution >= 0.6 is 11.6 Å². The molecule has 1 unspecified atom stereocenters. The predicted octanol–water partition coefficient (Wildman–Crippen LogP) is 3.33. The van der Waals surface area contributed by atoms with Gasteiger partial charge in [0.15, 0.2) is 5.69 Å².